The van der Waals surface area contributed by atoms with E-state index in [0.29, 0.717) is 57.9 Å². The summed E-state index contributed by atoms with van der Waals surface area (Å²) in [7, 11) is -3.53. The molecule has 0 heterocycles. The Balaban J connectivity index is 0.00000748. The maximum Gasteiger partial charge on any atom is 0.295 e. The first-order valence-corrected chi connectivity index (χ1v) is 19.8. The van der Waals surface area contributed by atoms with Gasteiger partial charge in [-0.05, 0) is 83.2 Å². The van der Waals surface area contributed by atoms with Gasteiger partial charge < -0.3 is 20.1 Å². The Labute approximate surface area is 373 Å². The van der Waals surface area contributed by atoms with Gasteiger partial charge in [0.2, 0.25) is 0 Å². The summed E-state index contributed by atoms with van der Waals surface area (Å²) in [5, 5.41) is 93.6. The summed E-state index contributed by atoms with van der Waals surface area (Å²) in [5.74, 6) is -0.630. The van der Waals surface area contributed by atoms with Gasteiger partial charge in [0, 0.05) is 51.6 Å². The number of azo groups is 3. The molecule has 26 heteroatoms. The number of phenols is 3. The second-order valence-electron chi connectivity index (χ2n) is 12.1. The molecule has 329 valence electrons. The standard InChI is InChI=1S/C37H27N7O15S3.Cu/c1-55-32-19-29(41-43-36-34(61-59-57-51)15-22-14-24(9-13-28(22)37(36)47)39-38-23-7-11-27(45)12-8-23)31(46)18-30(32)42-40-25-6-4-20(33(16-25)60-58-56-50)2-3-21-5-10-26(44(48)49)17-35(21)62(52,53)54;/h2-19,45-47,50-51H,1H3,(H,52,53,54);. The van der Waals surface area contributed by atoms with E-state index in [1.807, 2.05) is 0 Å². The molecule has 0 aliphatic rings. The third kappa shape index (κ3) is 12.2. The molecule has 6 rings (SSSR count). The van der Waals surface area contributed by atoms with Crippen LogP contribution in [-0.2, 0) is 45.9 Å². The summed E-state index contributed by atoms with van der Waals surface area (Å²) >= 11 is 1.02. The predicted molar refractivity (Wildman–Crippen MR) is 220 cm³/mol. The van der Waals surface area contributed by atoms with Crippen molar-refractivity contribution in [3.63, 3.8) is 0 Å². The molecular weight excluding hydrogens is 942 g/mol. The van der Waals surface area contributed by atoms with Crippen LogP contribution >= 0.6 is 24.1 Å². The molecule has 0 unspecified atom stereocenters. The molecule has 0 spiro atoms. The molecule has 6 N–H and O–H groups in total. The van der Waals surface area contributed by atoms with Gasteiger partial charge in [-0.25, -0.2) is 10.5 Å². The largest absolute Gasteiger partial charge is 0.508 e. The quantitative estimate of drug-likeness (QED) is 0.00723. The Kier molecular flexibility index (Phi) is 16.3. The molecule has 6 aromatic rings. The zero-order valence-electron chi connectivity index (χ0n) is 31.4. The van der Waals surface area contributed by atoms with Crippen molar-refractivity contribution >= 4 is 96.9 Å². The molecule has 0 bridgehead atoms. The topological polar surface area (TPSA) is 319 Å². The van der Waals surface area contributed by atoms with Gasteiger partial charge >= 0.3 is 0 Å². The Bertz CT molecular complexity index is 2890. The zero-order chi connectivity index (χ0) is 44.4. The molecular formula is C37H27CuN7O15S3. The summed E-state index contributed by atoms with van der Waals surface area (Å²) in [6, 6.07) is 22.2. The van der Waals surface area contributed by atoms with E-state index >= 15 is 0 Å². The number of non-ortho nitro benzene ring substituents is 1. The number of ether oxygens (including phenoxy) is 1. The molecule has 0 aliphatic carbocycles. The Morgan fingerprint density at radius 2 is 1.29 bits per heavy atom. The summed E-state index contributed by atoms with van der Waals surface area (Å²) in [6.07, 6.45) is 2.66. The minimum Gasteiger partial charge on any atom is -0.508 e. The van der Waals surface area contributed by atoms with E-state index in [4.69, 9.17) is 15.3 Å². The molecule has 0 atom stereocenters. The normalized spacial score (nSPS) is 11.9. The molecule has 63 heavy (non-hydrogen) atoms. The average molecular weight is 969 g/mol. The Morgan fingerprint density at radius 1 is 0.683 bits per heavy atom. The van der Waals surface area contributed by atoms with E-state index in [-0.39, 0.29) is 72.4 Å². The summed E-state index contributed by atoms with van der Waals surface area (Å²) in [4.78, 5) is 10.0. The van der Waals surface area contributed by atoms with Crippen molar-refractivity contribution in [1.82, 2.24) is 0 Å². The number of nitrogens with zero attached hydrogens (tertiary/aromatic N) is 7. The Morgan fingerprint density at radius 3 is 1.97 bits per heavy atom. The van der Waals surface area contributed by atoms with Gasteiger partial charge in [0.25, 0.3) is 15.8 Å². The predicted octanol–water partition coefficient (Wildman–Crippen LogP) is 11.4. The molecule has 6 aromatic carbocycles. The second-order valence-corrected chi connectivity index (χ2v) is 14.9. The monoisotopic (exact) mass is 968 g/mol. The summed E-state index contributed by atoms with van der Waals surface area (Å²) < 4.78 is 48.2. The van der Waals surface area contributed by atoms with Crippen LogP contribution in [0.2, 0.25) is 0 Å². The van der Waals surface area contributed by atoms with E-state index in [0.717, 1.165) is 12.1 Å². The van der Waals surface area contributed by atoms with Crippen LogP contribution < -0.4 is 4.74 Å². The third-order valence-corrected chi connectivity index (χ3v) is 10.4. The second kappa shape index (κ2) is 21.6. The fourth-order valence-electron chi connectivity index (χ4n) is 5.36. The fourth-order valence-corrected chi connectivity index (χ4v) is 7.06. The van der Waals surface area contributed by atoms with E-state index in [1.165, 1.54) is 61.7 Å². The molecule has 0 amide bonds. The molecule has 0 fully saturated rings. The molecule has 1 radical (unpaired) electrons. The number of benzene rings is 6. The van der Waals surface area contributed by atoms with Gasteiger partial charge in [0.05, 0.1) is 58.1 Å². The molecule has 0 saturated carbocycles. The summed E-state index contributed by atoms with van der Waals surface area (Å²) in [6.45, 7) is 0. The minimum atomic E-state index is -4.85. The first-order valence-electron chi connectivity index (χ1n) is 16.9. The number of fused-ring (bicyclic) bond motifs is 1. The number of nitro groups is 1. The van der Waals surface area contributed by atoms with Crippen molar-refractivity contribution in [2.75, 3.05) is 7.11 Å². The van der Waals surface area contributed by atoms with Gasteiger partial charge in [-0.2, -0.15) is 23.8 Å². The number of hydrogen-bond donors (Lipinski definition) is 6. The zero-order valence-corrected chi connectivity index (χ0v) is 34.8. The first kappa shape index (κ1) is 47.7. The van der Waals surface area contributed by atoms with Crippen molar-refractivity contribution in [3.05, 3.63) is 118 Å². The number of methoxy groups -OCH3 is 1. The average Bonchev–Trinajstić information content (AvgIpc) is 3.25. The van der Waals surface area contributed by atoms with Gasteiger partial charge in [0.15, 0.2) is 5.75 Å². The number of hydrogen-bond acceptors (Lipinski definition) is 22. The number of phenolic OH excluding ortho intramolecular Hbond substituents is 3. The molecule has 0 saturated heterocycles. The maximum absolute atomic E-state index is 12.0. The maximum atomic E-state index is 12.0. The van der Waals surface area contributed by atoms with Crippen LogP contribution in [0, 0.1) is 10.1 Å². The molecule has 22 nitrogen and oxygen atoms in total. The van der Waals surface area contributed by atoms with E-state index in [1.54, 1.807) is 36.4 Å². The van der Waals surface area contributed by atoms with Crippen LogP contribution in [0.15, 0.2) is 142 Å². The van der Waals surface area contributed by atoms with Gasteiger partial charge in [-0.1, -0.05) is 28.3 Å². The van der Waals surface area contributed by atoms with Gasteiger partial charge in [0.1, 0.15) is 39.2 Å². The Hall–Kier alpha value is -6.39. The number of rotatable bonds is 17. The van der Waals surface area contributed by atoms with Crippen LogP contribution in [0.5, 0.6) is 23.0 Å². The van der Waals surface area contributed by atoms with Gasteiger partial charge in [-0.15, -0.1) is 24.0 Å². The molecule has 0 aromatic heterocycles. The van der Waals surface area contributed by atoms with Crippen molar-refractivity contribution in [2.45, 2.75) is 14.7 Å². The van der Waals surface area contributed by atoms with Crippen LogP contribution in [0.4, 0.5) is 39.8 Å². The summed E-state index contributed by atoms with van der Waals surface area (Å²) in [5.41, 5.74) is 0.596. The minimum absolute atomic E-state index is 0. The van der Waals surface area contributed by atoms with Crippen LogP contribution in [0.3, 0.4) is 0 Å². The van der Waals surface area contributed by atoms with Crippen LogP contribution in [0.1, 0.15) is 11.1 Å². The van der Waals surface area contributed by atoms with Crippen molar-refractivity contribution in [3.8, 4) is 23.0 Å². The van der Waals surface area contributed by atoms with Crippen molar-refractivity contribution in [2.24, 2.45) is 30.7 Å². The molecule has 0 aliphatic heterocycles. The SMILES string of the molecule is COc1cc(N=Nc2c(SOOO)cc3cc(N=Nc4ccc(O)cc4)ccc3c2O)c(O)cc1N=Nc1ccc(C=Cc2ccc([N+](=O)[O-])cc2S(=O)(=O)O)c(SOOO)c1.[Cu]. The van der Waals surface area contributed by atoms with Crippen molar-refractivity contribution < 1.29 is 84.3 Å². The van der Waals surface area contributed by atoms with Crippen LogP contribution in [0.25, 0.3) is 22.9 Å². The third-order valence-electron chi connectivity index (χ3n) is 8.21. The first-order chi connectivity index (χ1) is 29.8. The fraction of sp³-hybridized carbons (Fsp3) is 0.0270. The number of aromatic hydroxyl groups is 3. The van der Waals surface area contributed by atoms with E-state index < -0.39 is 31.4 Å². The van der Waals surface area contributed by atoms with E-state index in [2.05, 4.69) is 49.4 Å². The van der Waals surface area contributed by atoms with Crippen molar-refractivity contribution in [1.29, 1.82) is 0 Å². The van der Waals surface area contributed by atoms with Gasteiger partial charge in [-0.3, -0.25) is 14.7 Å². The van der Waals surface area contributed by atoms with Crippen LogP contribution in [-0.4, -0.2) is 50.8 Å². The van der Waals surface area contributed by atoms with E-state index in [9.17, 15) is 38.4 Å². The smallest absolute Gasteiger partial charge is 0.295 e. The number of nitro benzene ring substituents is 1.